The summed E-state index contributed by atoms with van der Waals surface area (Å²) >= 11 is 6.22. The largest absolute Gasteiger partial charge is 0.478 e. The van der Waals surface area contributed by atoms with Gasteiger partial charge in [-0.3, -0.25) is 4.79 Å². The Hall–Kier alpha value is -2.80. The van der Waals surface area contributed by atoms with Crippen LogP contribution in [0.15, 0.2) is 16.9 Å². The lowest BCUT2D eigenvalue weighted by Crippen LogP contribution is -2.24. The van der Waals surface area contributed by atoms with Crippen molar-refractivity contribution in [3.05, 3.63) is 49.8 Å². The van der Waals surface area contributed by atoms with E-state index in [0.29, 0.717) is 5.56 Å². The van der Waals surface area contributed by atoms with E-state index in [-0.39, 0.29) is 16.1 Å². The number of rotatable bonds is 3. The van der Waals surface area contributed by atoms with Gasteiger partial charge in [0.05, 0.1) is 5.02 Å². The first-order valence-electron chi connectivity index (χ1n) is 6.44. The molecule has 0 radical (unpaired) electrons. The molecular formula is C15H13ClN2O5. The maximum Gasteiger partial charge on any atom is 0.342 e. The van der Waals surface area contributed by atoms with Crippen LogP contribution >= 0.6 is 11.6 Å². The summed E-state index contributed by atoms with van der Waals surface area (Å²) in [4.78, 5) is 37.1. The van der Waals surface area contributed by atoms with Crippen molar-refractivity contribution in [2.24, 2.45) is 0 Å². The van der Waals surface area contributed by atoms with Gasteiger partial charge in [0, 0.05) is 11.1 Å². The number of nitrogens with one attached hydrogen (secondary N) is 1. The smallest absolute Gasteiger partial charge is 0.342 e. The molecule has 0 saturated heterocycles. The van der Waals surface area contributed by atoms with Crippen LogP contribution in [0, 0.1) is 13.8 Å². The first-order chi connectivity index (χ1) is 10.6. The van der Waals surface area contributed by atoms with Gasteiger partial charge in [-0.05, 0) is 25.5 Å². The average Bonchev–Trinajstić information content (AvgIpc) is 2.40. The van der Waals surface area contributed by atoms with Crippen LogP contribution in [0.2, 0.25) is 5.02 Å². The molecule has 2 rings (SSSR count). The zero-order valence-corrected chi connectivity index (χ0v) is 13.0. The summed E-state index contributed by atoms with van der Waals surface area (Å²) in [6, 6.07) is 3.27. The molecule has 0 saturated carbocycles. The van der Waals surface area contributed by atoms with Gasteiger partial charge in [-0.15, -0.1) is 0 Å². The molecule has 0 aliphatic carbocycles. The SMILES string of the molecule is Cc1cc(C)c(Cl)c(-c2c(C(=O)O)c(N)[nH]c(=O)c2C(=O)O)c1. The minimum Gasteiger partial charge on any atom is -0.478 e. The third-order valence-electron chi connectivity index (χ3n) is 3.34. The second kappa shape index (κ2) is 5.77. The lowest BCUT2D eigenvalue weighted by atomic mass is 9.93. The number of H-pyrrole nitrogens is 1. The van der Waals surface area contributed by atoms with Gasteiger partial charge in [0.15, 0.2) is 0 Å². The number of carboxylic acid groups (broad SMARTS) is 2. The Kier molecular flexibility index (Phi) is 4.16. The number of halogens is 1. The number of aromatic nitrogens is 1. The van der Waals surface area contributed by atoms with E-state index in [0.717, 1.165) is 5.56 Å². The van der Waals surface area contributed by atoms with Gasteiger partial charge >= 0.3 is 11.9 Å². The van der Waals surface area contributed by atoms with E-state index in [2.05, 4.69) is 0 Å². The molecule has 0 aliphatic rings. The predicted octanol–water partition coefficient (Wildman–Crippen LogP) is 2.29. The number of benzene rings is 1. The second-order valence-electron chi connectivity index (χ2n) is 5.05. The molecule has 2 aromatic rings. The number of carbonyl (C=O) groups is 2. The Bertz CT molecular complexity index is 902. The molecule has 1 aromatic heterocycles. The molecule has 1 heterocycles. The van der Waals surface area contributed by atoms with Crippen LogP contribution in [0.3, 0.4) is 0 Å². The van der Waals surface area contributed by atoms with Crippen molar-refractivity contribution in [3.63, 3.8) is 0 Å². The highest BCUT2D eigenvalue weighted by Crippen LogP contribution is 2.36. The molecule has 0 bridgehead atoms. The zero-order valence-electron chi connectivity index (χ0n) is 12.2. The minimum atomic E-state index is -1.57. The van der Waals surface area contributed by atoms with Crippen LogP contribution in [-0.4, -0.2) is 27.1 Å². The quantitative estimate of drug-likeness (QED) is 0.679. The van der Waals surface area contributed by atoms with Gasteiger partial charge in [0.1, 0.15) is 16.9 Å². The lowest BCUT2D eigenvalue weighted by Gasteiger charge is -2.15. The van der Waals surface area contributed by atoms with E-state index in [9.17, 15) is 24.6 Å². The second-order valence-corrected chi connectivity index (χ2v) is 5.42. The summed E-state index contributed by atoms with van der Waals surface area (Å²) in [7, 11) is 0. The van der Waals surface area contributed by atoms with Crippen molar-refractivity contribution in [2.75, 3.05) is 5.73 Å². The Morgan fingerprint density at radius 3 is 2.22 bits per heavy atom. The highest BCUT2D eigenvalue weighted by molar-refractivity contribution is 6.34. The van der Waals surface area contributed by atoms with Crippen LogP contribution in [0.4, 0.5) is 5.82 Å². The van der Waals surface area contributed by atoms with Crippen molar-refractivity contribution in [3.8, 4) is 11.1 Å². The summed E-state index contributed by atoms with van der Waals surface area (Å²) in [6.07, 6.45) is 0. The topological polar surface area (TPSA) is 133 Å². The molecule has 8 heteroatoms. The number of nitrogen functional groups attached to an aromatic ring is 1. The zero-order chi connectivity index (χ0) is 17.5. The molecule has 0 amide bonds. The number of hydrogen-bond acceptors (Lipinski definition) is 4. The Morgan fingerprint density at radius 2 is 1.70 bits per heavy atom. The number of anilines is 1. The minimum absolute atomic E-state index is 0.136. The fourth-order valence-corrected chi connectivity index (χ4v) is 2.65. The number of aryl methyl sites for hydroxylation is 2. The Labute approximate surface area is 135 Å². The molecule has 0 atom stereocenters. The van der Waals surface area contributed by atoms with E-state index >= 15 is 0 Å². The highest BCUT2D eigenvalue weighted by Gasteiger charge is 2.28. The highest BCUT2D eigenvalue weighted by atomic mass is 35.5. The van der Waals surface area contributed by atoms with Crippen molar-refractivity contribution in [1.29, 1.82) is 0 Å². The monoisotopic (exact) mass is 336 g/mol. The third-order valence-corrected chi connectivity index (χ3v) is 3.84. The number of pyridine rings is 1. The average molecular weight is 337 g/mol. The van der Waals surface area contributed by atoms with Gasteiger partial charge in [-0.25, -0.2) is 9.59 Å². The van der Waals surface area contributed by atoms with Crippen LogP contribution in [-0.2, 0) is 0 Å². The van der Waals surface area contributed by atoms with E-state index in [1.165, 1.54) is 6.07 Å². The number of nitrogens with two attached hydrogens (primary N) is 1. The first kappa shape index (κ1) is 16.6. The van der Waals surface area contributed by atoms with Crippen LogP contribution < -0.4 is 11.3 Å². The van der Waals surface area contributed by atoms with Gasteiger partial charge in [0.2, 0.25) is 0 Å². The molecule has 0 fully saturated rings. The normalized spacial score (nSPS) is 10.6. The molecule has 7 nitrogen and oxygen atoms in total. The fourth-order valence-electron chi connectivity index (χ4n) is 2.45. The van der Waals surface area contributed by atoms with Crippen molar-refractivity contribution in [1.82, 2.24) is 4.98 Å². The first-order valence-corrected chi connectivity index (χ1v) is 6.82. The molecule has 0 unspecified atom stereocenters. The van der Waals surface area contributed by atoms with Crippen molar-refractivity contribution < 1.29 is 19.8 Å². The molecule has 1 aromatic carbocycles. The maximum atomic E-state index is 12.0. The van der Waals surface area contributed by atoms with Gasteiger partial charge in [0.25, 0.3) is 5.56 Å². The van der Waals surface area contributed by atoms with E-state index in [1.807, 2.05) is 4.98 Å². The van der Waals surface area contributed by atoms with Gasteiger partial charge in [-0.2, -0.15) is 0 Å². The summed E-state index contributed by atoms with van der Waals surface area (Å²) in [5.41, 5.74) is 4.55. The Morgan fingerprint density at radius 1 is 1.13 bits per heavy atom. The van der Waals surface area contributed by atoms with E-state index in [1.54, 1.807) is 19.9 Å². The number of aromatic carboxylic acids is 2. The molecular weight excluding hydrogens is 324 g/mol. The molecule has 23 heavy (non-hydrogen) atoms. The van der Waals surface area contributed by atoms with E-state index in [4.69, 9.17) is 17.3 Å². The fraction of sp³-hybridized carbons (Fsp3) is 0.133. The Balaban J connectivity index is 3.10. The standard InChI is InChI=1S/C15H13ClN2O5/c1-5-3-6(2)11(16)7(4-5)8-9(14(20)21)12(17)18-13(19)10(8)15(22)23/h3-4H,1-2H3,(H,20,21)(H,22,23)(H3,17,18,19). The molecule has 0 spiro atoms. The van der Waals surface area contributed by atoms with Crippen LogP contribution in [0.1, 0.15) is 31.8 Å². The van der Waals surface area contributed by atoms with E-state index < -0.39 is 34.4 Å². The summed E-state index contributed by atoms with van der Waals surface area (Å²) in [5.74, 6) is -3.47. The molecule has 120 valence electrons. The summed E-state index contributed by atoms with van der Waals surface area (Å²) in [5, 5.41) is 18.9. The van der Waals surface area contributed by atoms with Crippen LogP contribution in [0.5, 0.6) is 0 Å². The number of aromatic amines is 1. The van der Waals surface area contributed by atoms with Gasteiger partial charge < -0.3 is 20.9 Å². The van der Waals surface area contributed by atoms with Crippen molar-refractivity contribution >= 4 is 29.4 Å². The lowest BCUT2D eigenvalue weighted by molar-refractivity contribution is 0.0695. The maximum absolute atomic E-state index is 12.0. The van der Waals surface area contributed by atoms with Crippen molar-refractivity contribution in [2.45, 2.75) is 13.8 Å². The third kappa shape index (κ3) is 2.78. The number of carboxylic acids is 2. The summed E-state index contributed by atoms with van der Waals surface area (Å²) in [6.45, 7) is 3.43. The molecule has 5 N–H and O–H groups in total. The van der Waals surface area contributed by atoms with Crippen LogP contribution in [0.25, 0.3) is 11.1 Å². The summed E-state index contributed by atoms with van der Waals surface area (Å²) < 4.78 is 0. The van der Waals surface area contributed by atoms with Gasteiger partial charge in [-0.1, -0.05) is 23.2 Å². The predicted molar refractivity (Wildman–Crippen MR) is 85.3 cm³/mol. The number of hydrogen-bond donors (Lipinski definition) is 4. The molecule has 0 aliphatic heterocycles.